The lowest BCUT2D eigenvalue weighted by Gasteiger charge is -2.05. The summed E-state index contributed by atoms with van der Waals surface area (Å²) in [5.41, 5.74) is 3.77. The molecule has 0 aromatic carbocycles. The van der Waals surface area contributed by atoms with Gasteiger partial charge in [0.05, 0.1) is 17.8 Å². The van der Waals surface area contributed by atoms with Gasteiger partial charge < -0.3 is 4.57 Å². The van der Waals surface area contributed by atoms with Crippen LogP contribution in [0.25, 0.3) is 0 Å². The summed E-state index contributed by atoms with van der Waals surface area (Å²) in [6.07, 6.45) is 3.26. The number of carbonyl (C=O) groups excluding carboxylic acids is 1. The van der Waals surface area contributed by atoms with Gasteiger partial charge in [0.1, 0.15) is 11.8 Å². The second kappa shape index (κ2) is 5.12. The highest BCUT2D eigenvalue weighted by atomic mass is 16.2. The van der Waals surface area contributed by atoms with E-state index in [9.17, 15) is 4.79 Å². The summed E-state index contributed by atoms with van der Waals surface area (Å²) in [6.45, 7) is 0.487. The minimum absolute atomic E-state index is 0.382. The van der Waals surface area contributed by atoms with E-state index in [-0.39, 0.29) is 5.91 Å². The minimum atomic E-state index is -0.382. The zero-order chi connectivity index (χ0) is 13.0. The van der Waals surface area contributed by atoms with Crippen molar-refractivity contribution in [3.05, 3.63) is 53.6 Å². The van der Waals surface area contributed by atoms with Crippen molar-refractivity contribution in [1.82, 2.24) is 15.0 Å². The predicted octanol–water partition coefficient (Wildman–Crippen LogP) is 0.407. The molecule has 0 radical (unpaired) electrons. The van der Waals surface area contributed by atoms with Gasteiger partial charge in [-0.05, 0) is 24.3 Å². The van der Waals surface area contributed by atoms with E-state index in [1.165, 1.54) is 6.20 Å². The van der Waals surface area contributed by atoms with E-state index < -0.39 is 0 Å². The van der Waals surface area contributed by atoms with Gasteiger partial charge in [0.15, 0.2) is 0 Å². The van der Waals surface area contributed by atoms with Gasteiger partial charge in [-0.25, -0.2) is 5.84 Å². The molecule has 0 fully saturated rings. The molecule has 2 rings (SSSR count). The van der Waals surface area contributed by atoms with Crippen molar-refractivity contribution in [2.45, 2.75) is 6.54 Å². The van der Waals surface area contributed by atoms with Gasteiger partial charge in [-0.15, -0.1) is 0 Å². The topological polar surface area (TPSA) is 96.7 Å². The number of rotatable bonds is 3. The van der Waals surface area contributed by atoms with Crippen LogP contribution in [-0.4, -0.2) is 15.5 Å². The third-order valence-corrected chi connectivity index (χ3v) is 2.49. The van der Waals surface area contributed by atoms with Gasteiger partial charge in [-0.3, -0.25) is 15.2 Å². The van der Waals surface area contributed by atoms with Crippen LogP contribution in [-0.2, 0) is 6.54 Å². The normalized spacial score (nSPS) is 9.78. The van der Waals surface area contributed by atoms with Crippen molar-refractivity contribution in [2.24, 2.45) is 5.84 Å². The van der Waals surface area contributed by atoms with Crippen LogP contribution in [0.4, 0.5) is 0 Å². The molecule has 2 aromatic heterocycles. The number of amides is 1. The van der Waals surface area contributed by atoms with Crippen molar-refractivity contribution in [1.29, 1.82) is 5.26 Å². The molecule has 0 aliphatic heterocycles. The fourth-order valence-electron chi connectivity index (χ4n) is 1.56. The lowest BCUT2D eigenvalue weighted by Crippen LogP contribution is -2.30. The standard InChI is InChI=1S/C12H11N5O/c13-6-11-2-1-5-17(11)8-10-4-3-9(7-15-10)12(18)16-14/h1-5,7H,8,14H2,(H,16,18). The molecule has 6 nitrogen and oxygen atoms in total. The summed E-state index contributed by atoms with van der Waals surface area (Å²) >= 11 is 0. The molecule has 0 spiro atoms. The van der Waals surface area contributed by atoms with Gasteiger partial charge in [-0.1, -0.05) is 0 Å². The SMILES string of the molecule is N#Cc1cccn1Cc1ccc(C(=O)NN)cn1. The summed E-state index contributed by atoms with van der Waals surface area (Å²) in [7, 11) is 0. The quantitative estimate of drug-likeness (QED) is 0.462. The molecule has 0 aliphatic rings. The summed E-state index contributed by atoms with van der Waals surface area (Å²) < 4.78 is 1.78. The zero-order valence-corrected chi connectivity index (χ0v) is 9.50. The summed E-state index contributed by atoms with van der Waals surface area (Å²) in [5, 5.41) is 8.88. The van der Waals surface area contributed by atoms with E-state index in [2.05, 4.69) is 11.1 Å². The number of pyridine rings is 1. The van der Waals surface area contributed by atoms with Crippen LogP contribution >= 0.6 is 0 Å². The van der Waals surface area contributed by atoms with E-state index in [0.717, 1.165) is 5.69 Å². The highest BCUT2D eigenvalue weighted by molar-refractivity contribution is 5.93. The molecule has 90 valence electrons. The van der Waals surface area contributed by atoms with Crippen LogP contribution in [0, 0.1) is 11.3 Å². The van der Waals surface area contributed by atoms with Crippen LogP contribution in [0.1, 0.15) is 21.7 Å². The molecule has 0 unspecified atom stereocenters. The molecular formula is C12H11N5O. The molecule has 18 heavy (non-hydrogen) atoms. The molecule has 0 bridgehead atoms. The van der Waals surface area contributed by atoms with E-state index in [1.807, 2.05) is 5.43 Å². The van der Waals surface area contributed by atoms with Crippen LogP contribution < -0.4 is 11.3 Å². The first kappa shape index (κ1) is 11.8. The maximum absolute atomic E-state index is 11.2. The Morgan fingerprint density at radius 2 is 2.33 bits per heavy atom. The highest BCUT2D eigenvalue weighted by Gasteiger charge is 2.05. The number of hydrogen-bond acceptors (Lipinski definition) is 4. The fraction of sp³-hybridized carbons (Fsp3) is 0.0833. The summed E-state index contributed by atoms with van der Waals surface area (Å²) in [4.78, 5) is 15.4. The van der Waals surface area contributed by atoms with Crippen LogP contribution in [0.5, 0.6) is 0 Å². The molecule has 6 heteroatoms. The predicted molar refractivity (Wildman–Crippen MR) is 64.1 cm³/mol. The first-order valence-electron chi connectivity index (χ1n) is 5.25. The van der Waals surface area contributed by atoms with E-state index >= 15 is 0 Å². The smallest absolute Gasteiger partial charge is 0.266 e. The third kappa shape index (κ3) is 2.36. The minimum Gasteiger partial charge on any atom is -0.333 e. The second-order valence-corrected chi connectivity index (χ2v) is 3.64. The molecule has 2 aromatic rings. The number of nitrogens with one attached hydrogen (secondary N) is 1. The van der Waals surface area contributed by atoms with Crippen molar-refractivity contribution in [2.75, 3.05) is 0 Å². The Balaban J connectivity index is 2.16. The van der Waals surface area contributed by atoms with Crippen molar-refractivity contribution in [3.63, 3.8) is 0 Å². The monoisotopic (exact) mass is 241 g/mol. The molecule has 0 saturated carbocycles. The second-order valence-electron chi connectivity index (χ2n) is 3.64. The first-order chi connectivity index (χ1) is 8.74. The largest absolute Gasteiger partial charge is 0.333 e. The van der Waals surface area contributed by atoms with Gasteiger partial charge in [0, 0.05) is 12.4 Å². The Bertz CT molecular complexity index is 594. The zero-order valence-electron chi connectivity index (χ0n) is 9.50. The Kier molecular flexibility index (Phi) is 3.36. The highest BCUT2D eigenvalue weighted by Crippen LogP contribution is 2.06. The van der Waals surface area contributed by atoms with Crippen LogP contribution in [0.15, 0.2) is 36.7 Å². The van der Waals surface area contributed by atoms with E-state index in [1.54, 1.807) is 35.0 Å². The molecule has 0 saturated heterocycles. The number of nitrogens with two attached hydrogens (primary N) is 1. The Morgan fingerprint density at radius 1 is 1.50 bits per heavy atom. The van der Waals surface area contributed by atoms with Crippen molar-refractivity contribution < 1.29 is 4.79 Å². The molecule has 1 amide bonds. The first-order valence-corrected chi connectivity index (χ1v) is 5.25. The number of nitrogens with zero attached hydrogens (tertiary/aromatic N) is 3. The molecular weight excluding hydrogens is 230 g/mol. The lowest BCUT2D eigenvalue weighted by molar-refractivity contribution is 0.0953. The van der Waals surface area contributed by atoms with E-state index in [0.29, 0.717) is 17.8 Å². The Labute approximate surface area is 104 Å². The Hall–Kier alpha value is -2.65. The van der Waals surface area contributed by atoms with Crippen LogP contribution in [0.3, 0.4) is 0 Å². The number of nitrogen functional groups attached to an aromatic ring is 1. The number of aromatic nitrogens is 2. The maximum atomic E-state index is 11.2. The third-order valence-electron chi connectivity index (χ3n) is 2.49. The average molecular weight is 241 g/mol. The van der Waals surface area contributed by atoms with Crippen molar-refractivity contribution in [3.8, 4) is 6.07 Å². The molecule has 0 atom stereocenters. The number of hydrogen-bond donors (Lipinski definition) is 2. The number of carbonyl (C=O) groups is 1. The van der Waals surface area contributed by atoms with Gasteiger partial charge >= 0.3 is 0 Å². The van der Waals surface area contributed by atoms with Gasteiger partial charge in [0.25, 0.3) is 5.91 Å². The molecule has 2 heterocycles. The summed E-state index contributed by atoms with van der Waals surface area (Å²) in [5.74, 6) is 4.64. The van der Waals surface area contributed by atoms with Gasteiger partial charge in [0.2, 0.25) is 0 Å². The van der Waals surface area contributed by atoms with Gasteiger partial charge in [-0.2, -0.15) is 5.26 Å². The maximum Gasteiger partial charge on any atom is 0.266 e. The van der Waals surface area contributed by atoms with Crippen LogP contribution in [0.2, 0.25) is 0 Å². The molecule has 3 N–H and O–H groups in total. The molecule has 0 aliphatic carbocycles. The number of nitriles is 1. The number of hydrazine groups is 1. The summed E-state index contributed by atoms with van der Waals surface area (Å²) in [6, 6.07) is 8.99. The van der Waals surface area contributed by atoms with E-state index in [4.69, 9.17) is 11.1 Å². The fourth-order valence-corrected chi connectivity index (χ4v) is 1.56. The Morgan fingerprint density at radius 3 is 2.94 bits per heavy atom. The lowest BCUT2D eigenvalue weighted by atomic mass is 10.2. The average Bonchev–Trinajstić information content (AvgIpc) is 2.86. The van der Waals surface area contributed by atoms with Crippen molar-refractivity contribution >= 4 is 5.91 Å².